The van der Waals surface area contributed by atoms with Crippen LogP contribution >= 0.6 is 0 Å². The van der Waals surface area contributed by atoms with Gasteiger partial charge in [0.2, 0.25) is 0 Å². The molecule has 0 aliphatic heterocycles. The summed E-state index contributed by atoms with van der Waals surface area (Å²) in [5.74, 6) is 1.19. The number of anilines is 2. The Morgan fingerprint density at radius 2 is 0.915 bits per heavy atom. The highest BCUT2D eigenvalue weighted by atomic mass is 16.6. The van der Waals surface area contributed by atoms with Crippen LogP contribution in [0.3, 0.4) is 0 Å². The quantitative estimate of drug-likeness (QED) is 0.152. The molecule has 2 amide bonds. The average molecular weight is 637 g/mol. The summed E-state index contributed by atoms with van der Waals surface area (Å²) >= 11 is 0. The van der Waals surface area contributed by atoms with Crippen molar-refractivity contribution in [2.75, 3.05) is 10.6 Å². The second-order valence-corrected chi connectivity index (χ2v) is 12.2. The van der Waals surface area contributed by atoms with E-state index < -0.39 is 12.2 Å². The molecule has 2 aliphatic carbocycles. The molecule has 0 bridgehead atoms. The molecule has 0 radical (unpaired) electrons. The number of phenolic OH excluding ortho intramolecular Hbond substituents is 2. The topological polar surface area (TPSA) is 126 Å². The number of rotatable bonds is 8. The van der Waals surface area contributed by atoms with Gasteiger partial charge in [0.15, 0.2) is 0 Å². The number of benzene rings is 4. The molecule has 0 atom stereocenters. The number of hydrogen-bond donors (Lipinski definition) is 4. The van der Waals surface area contributed by atoms with Crippen LogP contribution in [0.4, 0.5) is 21.0 Å². The number of carbonyl (C=O) groups excluding carboxylic acids is 2. The van der Waals surface area contributed by atoms with Gasteiger partial charge in [-0.1, -0.05) is 37.1 Å². The summed E-state index contributed by atoms with van der Waals surface area (Å²) in [7, 11) is 0. The van der Waals surface area contributed by atoms with Crippen molar-refractivity contribution in [3.8, 4) is 45.3 Å². The summed E-state index contributed by atoms with van der Waals surface area (Å²) < 4.78 is 17.7. The van der Waals surface area contributed by atoms with Crippen molar-refractivity contribution in [1.29, 1.82) is 0 Å². The zero-order valence-electron chi connectivity index (χ0n) is 26.2. The van der Waals surface area contributed by atoms with Gasteiger partial charge in [0, 0.05) is 23.3 Å². The van der Waals surface area contributed by atoms with E-state index in [1.807, 2.05) is 12.1 Å². The maximum atomic E-state index is 13.0. The number of ether oxygens (including phenoxy) is 3. The number of carbonyl (C=O) groups is 2. The van der Waals surface area contributed by atoms with Crippen LogP contribution in [0.2, 0.25) is 0 Å². The van der Waals surface area contributed by atoms with Crippen molar-refractivity contribution in [1.82, 2.24) is 0 Å². The molecule has 9 heteroatoms. The smallest absolute Gasteiger partial charge is 0.411 e. The molecule has 6 rings (SSSR count). The average Bonchev–Trinajstić information content (AvgIpc) is 3.07. The normalized spacial score (nSPS) is 15.4. The highest BCUT2D eigenvalue weighted by Gasteiger charge is 2.21. The minimum Gasteiger partial charge on any atom is -0.508 e. The van der Waals surface area contributed by atoms with E-state index in [-0.39, 0.29) is 23.7 Å². The molecule has 244 valence electrons. The first-order valence-electron chi connectivity index (χ1n) is 16.4. The summed E-state index contributed by atoms with van der Waals surface area (Å²) in [6.07, 6.45) is 8.61. The zero-order chi connectivity index (χ0) is 32.6. The second kappa shape index (κ2) is 14.9. The second-order valence-electron chi connectivity index (χ2n) is 12.2. The summed E-state index contributed by atoms with van der Waals surface area (Å²) in [5, 5.41) is 25.5. The fraction of sp³-hybridized carbons (Fsp3) is 0.316. The Morgan fingerprint density at radius 3 is 1.30 bits per heavy atom. The van der Waals surface area contributed by atoms with Gasteiger partial charge in [0.1, 0.15) is 35.2 Å². The molecule has 0 unspecified atom stereocenters. The standard InChI is InChI=1S/C38H40N2O7/c41-27-15-11-25(12-16-27)33-21-19-31(23-35(33)39-37(43)46-29-7-3-1-4-8-29)45-32-20-22-34(26-13-17-28(42)18-14-26)36(24-32)40-38(44)47-30-9-5-2-6-10-30/h11-24,29-30,41-42H,1-10H2,(H,39,43)(H,40,44). The van der Waals surface area contributed by atoms with Gasteiger partial charge in [-0.15, -0.1) is 0 Å². The number of phenols is 2. The van der Waals surface area contributed by atoms with Crippen molar-refractivity contribution in [3.05, 3.63) is 84.9 Å². The van der Waals surface area contributed by atoms with Crippen molar-refractivity contribution in [3.63, 3.8) is 0 Å². The molecule has 4 N–H and O–H groups in total. The molecule has 4 aromatic carbocycles. The van der Waals surface area contributed by atoms with Gasteiger partial charge in [-0.25, -0.2) is 9.59 Å². The Balaban J connectivity index is 1.26. The lowest BCUT2D eigenvalue weighted by Gasteiger charge is -2.23. The van der Waals surface area contributed by atoms with Gasteiger partial charge in [-0.3, -0.25) is 10.6 Å². The molecule has 4 aromatic rings. The van der Waals surface area contributed by atoms with E-state index in [1.54, 1.807) is 72.8 Å². The first-order chi connectivity index (χ1) is 22.9. The van der Waals surface area contributed by atoms with Gasteiger partial charge in [0.05, 0.1) is 11.4 Å². The predicted octanol–water partition coefficient (Wildman–Crippen LogP) is 9.99. The SMILES string of the molecule is O=C(Nc1cc(Oc2ccc(-c3ccc(O)cc3)c(NC(=O)OC3CCCCC3)c2)ccc1-c1ccc(O)cc1)OC1CCCCC1. The number of nitrogens with one attached hydrogen (secondary N) is 2. The molecule has 47 heavy (non-hydrogen) atoms. The molecule has 2 fully saturated rings. The fourth-order valence-electron chi connectivity index (χ4n) is 6.25. The predicted molar refractivity (Wildman–Crippen MR) is 181 cm³/mol. The van der Waals surface area contributed by atoms with E-state index in [0.29, 0.717) is 22.9 Å². The van der Waals surface area contributed by atoms with Crippen LogP contribution in [-0.2, 0) is 9.47 Å². The van der Waals surface area contributed by atoms with Gasteiger partial charge < -0.3 is 24.4 Å². The summed E-state index contributed by atoms with van der Waals surface area (Å²) in [6.45, 7) is 0. The molecule has 9 nitrogen and oxygen atoms in total. The minimum absolute atomic E-state index is 0.108. The van der Waals surface area contributed by atoms with Crippen molar-refractivity contribution in [2.45, 2.75) is 76.4 Å². The number of aromatic hydroxyl groups is 2. The third-order valence-electron chi connectivity index (χ3n) is 8.70. The molecule has 0 heterocycles. The largest absolute Gasteiger partial charge is 0.508 e. The summed E-state index contributed by atoms with van der Waals surface area (Å²) in [4.78, 5) is 26.0. The third-order valence-corrected chi connectivity index (χ3v) is 8.70. The Morgan fingerprint density at radius 1 is 0.532 bits per heavy atom. The maximum absolute atomic E-state index is 13.0. The molecule has 2 saturated carbocycles. The van der Waals surface area contributed by atoms with Crippen LogP contribution in [0.15, 0.2) is 84.9 Å². The minimum atomic E-state index is -0.532. The summed E-state index contributed by atoms with van der Waals surface area (Å²) in [6, 6.07) is 24.2. The van der Waals surface area contributed by atoms with E-state index in [2.05, 4.69) is 10.6 Å². The Bertz CT molecular complexity index is 1550. The highest BCUT2D eigenvalue weighted by molar-refractivity contribution is 5.93. The number of hydrogen-bond acceptors (Lipinski definition) is 7. The Kier molecular flexibility index (Phi) is 10.1. The van der Waals surface area contributed by atoms with Crippen LogP contribution in [0.5, 0.6) is 23.0 Å². The lowest BCUT2D eigenvalue weighted by atomic mass is 9.98. The first kappa shape index (κ1) is 31.8. The Labute approximate surface area is 274 Å². The lowest BCUT2D eigenvalue weighted by Crippen LogP contribution is -2.24. The van der Waals surface area contributed by atoms with Gasteiger partial charge in [-0.2, -0.15) is 0 Å². The number of amides is 2. The maximum Gasteiger partial charge on any atom is 0.411 e. The monoisotopic (exact) mass is 636 g/mol. The molecular weight excluding hydrogens is 596 g/mol. The van der Waals surface area contributed by atoms with E-state index >= 15 is 0 Å². The van der Waals surface area contributed by atoms with E-state index in [4.69, 9.17) is 14.2 Å². The zero-order valence-corrected chi connectivity index (χ0v) is 26.2. The van der Waals surface area contributed by atoms with E-state index in [1.165, 1.54) is 0 Å². The van der Waals surface area contributed by atoms with Crippen molar-refractivity contribution < 1.29 is 34.0 Å². The van der Waals surface area contributed by atoms with Crippen LogP contribution in [-0.4, -0.2) is 34.6 Å². The van der Waals surface area contributed by atoms with Crippen LogP contribution < -0.4 is 15.4 Å². The highest BCUT2D eigenvalue weighted by Crippen LogP contribution is 2.38. The lowest BCUT2D eigenvalue weighted by molar-refractivity contribution is 0.0858. The van der Waals surface area contributed by atoms with Crippen LogP contribution in [0, 0.1) is 0 Å². The van der Waals surface area contributed by atoms with Gasteiger partial charge in [0.25, 0.3) is 0 Å². The van der Waals surface area contributed by atoms with Crippen molar-refractivity contribution >= 4 is 23.6 Å². The van der Waals surface area contributed by atoms with E-state index in [0.717, 1.165) is 86.5 Å². The molecule has 0 saturated heterocycles. The summed E-state index contributed by atoms with van der Waals surface area (Å²) in [5.41, 5.74) is 4.03. The third kappa shape index (κ3) is 8.55. The molecular formula is C38H40N2O7. The molecule has 0 spiro atoms. The fourth-order valence-corrected chi connectivity index (χ4v) is 6.25. The Hall–Kier alpha value is -5.18. The van der Waals surface area contributed by atoms with Gasteiger partial charge >= 0.3 is 12.2 Å². The van der Waals surface area contributed by atoms with Crippen LogP contribution in [0.1, 0.15) is 64.2 Å². The van der Waals surface area contributed by atoms with E-state index in [9.17, 15) is 19.8 Å². The molecule has 0 aromatic heterocycles. The molecule has 2 aliphatic rings. The first-order valence-corrected chi connectivity index (χ1v) is 16.4. The van der Waals surface area contributed by atoms with Gasteiger partial charge in [-0.05, 0) is 111 Å². The van der Waals surface area contributed by atoms with Crippen LogP contribution in [0.25, 0.3) is 22.3 Å². The van der Waals surface area contributed by atoms with Crippen molar-refractivity contribution in [2.24, 2.45) is 0 Å².